The van der Waals surface area contributed by atoms with Crippen LogP contribution >= 0.6 is 0 Å². The standard InChI is InChI=1S/C20H21N5O3/c1-14-6-9-25(23-14)20(19(27)28)7-10-24(11-8-20)15-12-17(22-21-13-15)16-4-2-3-5-18(16)26/h2-6,9,12-13,26H,7-8,10-11H2,1H3,(H,27,28). The smallest absolute Gasteiger partial charge is 0.331 e. The Labute approximate surface area is 162 Å². The Balaban J connectivity index is 1.58. The van der Waals surface area contributed by atoms with Gasteiger partial charge in [0.05, 0.1) is 23.3 Å². The lowest BCUT2D eigenvalue weighted by Gasteiger charge is -2.39. The lowest BCUT2D eigenvalue weighted by atomic mass is 9.87. The van der Waals surface area contributed by atoms with Crippen molar-refractivity contribution in [2.45, 2.75) is 25.3 Å². The van der Waals surface area contributed by atoms with Crippen LogP contribution in [0.3, 0.4) is 0 Å². The largest absolute Gasteiger partial charge is 0.507 e. The van der Waals surface area contributed by atoms with Gasteiger partial charge in [-0.3, -0.25) is 4.68 Å². The molecule has 2 aromatic heterocycles. The third-order valence-corrected chi connectivity index (χ3v) is 5.33. The molecule has 0 amide bonds. The molecule has 0 spiro atoms. The van der Waals surface area contributed by atoms with Crippen LogP contribution in [0.4, 0.5) is 5.69 Å². The topological polar surface area (TPSA) is 104 Å². The minimum atomic E-state index is -1.04. The molecule has 4 rings (SSSR count). The summed E-state index contributed by atoms with van der Waals surface area (Å²) in [6.07, 6.45) is 4.26. The van der Waals surface area contributed by atoms with Crippen molar-refractivity contribution < 1.29 is 15.0 Å². The molecule has 2 N–H and O–H groups in total. The number of piperidine rings is 1. The van der Waals surface area contributed by atoms with E-state index in [0.717, 1.165) is 11.4 Å². The predicted molar refractivity (Wildman–Crippen MR) is 103 cm³/mol. The molecule has 0 unspecified atom stereocenters. The molecule has 0 bridgehead atoms. The molecule has 8 nitrogen and oxygen atoms in total. The highest BCUT2D eigenvalue weighted by molar-refractivity contribution is 5.77. The van der Waals surface area contributed by atoms with Gasteiger partial charge < -0.3 is 15.1 Å². The van der Waals surface area contributed by atoms with Gasteiger partial charge in [-0.05, 0) is 31.2 Å². The van der Waals surface area contributed by atoms with E-state index in [4.69, 9.17) is 0 Å². The summed E-state index contributed by atoms with van der Waals surface area (Å²) in [7, 11) is 0. The molecule has 8 heteroatoms. The summed E-state index contributed by atoms with van der Waals surface area (Å²) in [4.78, 5) is 14.2. The molecule has 0 radical (unpaired) electrons. The van der Waals surface area contributed by atoms with E-state index in [2.05, 4.69) is 20.2 Å². The molecule has 144 valence electrons. The molecule has 1 aliphatic heterocycles. The van der Waals surface area contributed by atoms with Crippen molar-refractivity contribution >= 4 is 11.7 Å². The highest BCUT2D eigenvalue weighted by atomic mass is 16.4. The molecular formula is C20H21N5O3. The van der Waals surface area contributed by atoms with Crippen molar-refractivity contribution in [1.82, 2.24) is 20.0 Å². The van der Waals surface area contributed by atoms with E-state index in [-0.39, 0.29) is 5.75 Å². The van der Waals surface area contributed by atoms with Crippen molar-refractivity contribution in [2.75, 3.05) is 18.0 Å². The zero-order valence-corrected chi connectivity index (χ0v) is 15.5. The Morgan fingerprint density at radius 3 is 2.57 bits per heavy atom. The number of phenolic OH excluding ortho intramolecular Hbond substituents is 1. The van der Waals surface area contributed by atoms with Crippen molar-refractivity contribution in [1.29, 1.82) is 0 Å². The summed E-state index contributed by atoms with van der Waals surface area (Å²) in [6.45, 7) is 2.96. The van der Waals surface area contributed by atoms with E-state index in [0.29, 0.717) is 37.2 Å². The molecule has 3 heterocycles. The van der Waals surface area contributed by atoms with Gasteiger partial charge in [-0.1, -0.05) is 12.1 Å². The predicted octanol–water partition coefficient (Wildman–Crippen LogP) is 2.43. The van der Waals surface area contributed by atoms with Crippen LogP contribution in [0.2, 0.25) is 0 Å². The van der Waals surface area contributed by atoms with Crippen molar-refractivity contribution in [3.8, 4) is 17.0 Å². The van der Waals surface area contributed by atoms with E-state index in [9.17, 15) is 15.0 Å². The van der Waals surface area contributed by atoms with Crippen LogP contribution in [0.15, 0.2) is 48.8 Å². The molecule has 0 aliphatic carbocycles. The number of aromatic hydroxyl groups is 1. The maximum absolute atomic E-state index is 12.1. The quantitative estimate of drug-likeness (QED) is 0.717. The molecule has 0 saturated carbocycles. The molecule has 1 aliphatic rings. The minimum Gasteiger partial charge on any atom is -0.507 e. The van der Waals surface area contributed by atoms with Crippen molar-refractivity contribution in [3.05, 3.63) is 54.5 Å². The second-order valence-electron chi connectivity index (χ2n) is 7.04. The first kappa shape index (κ1) is 18.0. The second-order valence-corrected chi connectivity index (χ2v) is 7.04. The molecule has 0 atom stereocenters. The van der Waals surface area contributed by atoms with Gasteiger partial charge in [-0.25, -0.2) is 4.79 Å². The Hall–Kier alpha value is -3.42. The number of nitrogens with zero attached hydrogens (tertiary/aromatic N) is 5. The molecule has 1 aromatic carbocycles. The van der Waals surface area contributed by atoms with Crippen LogP contribution in [0.5, 0.6) is 5.75 Å². The summed E-state index contributed by atoms with van der Waals surface area (Å²) in [6, 6.07) is 10.7. The van der Waals surface area contributed by atoms with E-state index < -0.39 is 11.5 Å². The number of benzene rings is 1. The maximum Gasteiger partial charge on any atom is 0.331 e. The third kappa shape index (κ3) is 3.06. The fourth-order valence-corrected chi connectivity index (χ4v) is 3.68. The third-order valence-electron chi connectivity index (χ3n) is 5.33. The number of carboxylic acid groups (broad SMARTS) is 1. The second kappa shape index (κ2) is 6.95. The van der Waals surface area contributed by atoms with Crippen LogP contribution < -0.4 is 4.90 Å². The number of hydrogen-bond acceptors (Lipinski definition) is 6. The normalized spacial score (nSPS) is 16.1. The van der Waals surface area contributed by atoms with E-state index in [1.54, 1.807) is 35.3 Å². The van der Waals surface area contributed by atoms with Gasteiger partial charge in [0.15, 0.2) is 5.54 Å². The number of phenols is 1. The van der Waals surface area contributed by atoms with Crippen molar-refractivity contribution in [3.63, 3.8) is 0 Å². The van der Waals surface area contributed by atoms with Gasteiger partial charge in [0.25, 0.3) is 0 Å². The van der Waals surface area contributed by atoms with Crippen LogP contribution in [-0.2, 0) is 10.3 Å². The van der Waals surface area contributed by atoms with Crippen LogP contribution in [0.1, 0.15) is 18.5 Å². The van der Waals surface area contributed by atoms with E-state index in [1.807, 2.05) is 25.1 Å². The number of aryl methyl sites for hydroxylation is 1. The lowest BCUT2D eigenvalue weighted by Crippen LogP contribution is -2.51. The number of para-hydroxylation sites is 1. The van der Waals surface area contributed by atoms with Gasteiger partial charge >= 0.3 is 5.97 Å². The number of anilines is 1. The molecule has 1 fully saturated rings. The Morgan fingerprint density at radius 2 is 1.93 bits per heavy atom. The zero-order chi connectivity index (χ0) is 19.7. The van der Waals surface area contributed by atoms with Gasteiger partial charge in [0.1, 0.15) is 5.75 Å². The highest BCUT2D eigenvalue weighted by Gasteiger charge is 2.44. The Bertz CT molecular complexity index is 1010. The number of rotatable bonds is 4. The fraction of sp³-hybridized carbons (Fsp3) is 0.300. The monoisotopic (exact) mass is 379 g/mol. The van der Waals surface area contributed by atoms with Gasteiger partial charge in [-0.2, -0.15) is 15.3 Å². The summed E-state index contributed by atoms with van der Waals surface area (Å²) in [5.41, 5.74) is 1.80. The fourth-order valence-electron chi connectivity index (χ4n) is 3.68. The van der Waals surface area contributed by atoms with Gasteiger partial charge in [-0.15, -0.1) is 0 Å². The van der Waals surface area contributed by atoms with Gasteiger partial charge in [0.2, 0.25) is 0 Å². The van der Waals surface area contributed by atoms with Crippen molar-refractivity contribution in [2.24, 2.45) is 0 Å². The summed E-state index contributed by atoms with van der Waals surface area (Å²) < 4.78 is 1.58. The average molecular weight is 379 g/mol. The number of carboxylic acids is 1. The molecule has 3 aromatic rings. The van der Waals surface area contributed by atoms with Crippen LogP contribution in [0.25, 0.3) is 11.3 Å². The summed E-state index contributed by atoms with van der Waals surface area (Å²) in [5, 5.41) is 32.5. The van der Waals surface area contributed by atoms with Crippen LogP contribution in [-0.4, -0.2) is 49.2 Å². The maximum atomic E-state index is 12.1. The number of carbonyl (C=O) groups is 1. The minimum absolute atomic E-state index is 0.145. The lowest BCUT2D eigenvalue weighted by molar-refractivity contribution is -0.149. The Morgan fingerprint density at radius 1 is 1.18 bits per heavy atom. The number of aromatic nitrogens is 4. The summed E-state index contributed by atoms with van der Waals surface area (Å²) >= 11 is 0. The summed E-state index contributed by atoms with van der Waals surface area (Å²) in [5.74, 6) is -0.718. The highest BCUT2D eigenvalue weighted by Crippen LogP contribution is 2.34. The first-order valence-corrected chi connectivity index (χ1v) is 9.12. The molecule has 28 heavy (non-hydrogen) atoms. The zero-order valence-electron chi connectivity index (χ0n) is 15.5. The molecular weight excluding hydrogens is 358 g/mol. The number of hydrogen-bond donors (Lipinski definition) is 2. The van der Waals surface area contributed by atoms with Gasteiger partial charge in [0, 0.05) is 37.7 Å². The Kier molecular flexibility index (Phi) is 4.46. The van der Waals surface area contributed by atoms with E-state index in [1.165, 1.54) is 0 Å². The van der Waals surface area contributed by atoms with E-state index >= 15 is 0 Å². The number of aliphatic carboxylic acids is 1. The first-order chi connectivity index (χ1) is 13.5. The average Bonchev–Trinajstić information content (AvgIpc) is 3.15. The SMILES string of the molecule is Cc1ccn(C2(C(=O)O)CCN(c3cnnc(-c4ccccc4O)c3)CC2)n1. The van der Waals surface area contributed by atoms with Crippen LogP contribution in [0, 0.1) is 6.92 Å². The molecule has 1 saturated heterocycles. The first-order valence-electron chi connectivity index (χ1n) is 9.12.